The maximum absolute atomic E-state index is 12.3. The number of halogens is 2. The number of rotatable bonds is 1. The lowest BCUT2D eigenvalue weighted by Crippen LogP contribution is -2.44. The van der Waals surface area contributed by atoms with E-state index in [2.05, 4.69) is 0 Å². The maximum Gasteiger partial charge on any atom is 0.255 e. The van der Waals surface area contributed by atoms with E-state index in [1.54, 1.807) is 11.0 Å². The van der Waals surface area contributed by atoms with E-state index < -0.39 is 0 Å². The van der Waals surface area contributed by atoms with E-state index in [9.17, 15) is 4.79 Å². The fourth-order valence-corrected chi connectivity index (χ4v) is 2.36. The Morgan fingerprint density at radius 1 is 1.50 bits per heavy atom. The number of hydrogen-bond donors (Lipinski definition) is 1. The molecule has 1 heterocycles. The number of nitrogens with zero attached hydrogens (tertiary/aromatic N) is 1. The Morgan fingerprint density at radius 2 is 2.22 bits per heavy atom. The van der Waals surface area contributed by atoms with Crippen molar-refractivity contribution in [3.05, 3.63) is 27.7 Å². The number of amides is 1. The molecule has 0 saturated carbocycles. The Labute approximate surface area is 116 Å². The summed E-state index contributed by atoms with van der Waals surface area (Å²) in [5.41, 5.74) is 6.45. The number of nitrogen functional groups attached to an aromatic ring is 1. The highest BCUT2D eigenvalue weighted by molar-refractivity contribution is 6.44. The zero-order valence-electron chi connectivity index (χ0n) is 9.95. The lowest BCUT2D eigenvalue weighted by molar-refractivity contribution is -0.0124. The largest absolute Gasteiger partial charge is 0.399 e. The van der Waals surface area contributed by atoms with E-state index in [0.717, 1.165) is 0 Å². The van der Waals surface area contributed by atoms with Crippen LogP contribution in [0.25, 0.3) is 0 Å². The standard InChI is InChI=1S/C12H14Cl2N2O2/c1-7-6-16(2-3-18-7)12(17)9-4-8(15)5-10(13)11(9)14/h4-5,7H,2-3,6,15H2,1H3. The summed E-state index contributed by atoms with van der Waals surface area (Å²) < 4.78 is 5.39. The predicted molar refractivity (Wildman–Crippen MR) is 72.2 cm³/mol. The molecule has 1 saturated heterocycles. The number of benzene rings is 1. The third kappa shape index (κ3) is 2.71. The first kappa shape index (κ1) is 13.5. The first-order valence-electron chi connectivity index (χ1n) is 5.64. The van der Waals surface area contributed by atoms with Gasteiger partial charge in [0.05, 0.1) is 28.3 Å². The first-order valence-corrected chi connectivity index (χ1v) is 6.40. The number of carbonyl (C=O) groups is 1. The minimum absolute atomic E-state index is 0.0259. The van der Waals surface area contributed by atoms with E-state index in [1.165, 1.54) is 6.07 Å². The van der Waals surface area contributed by atoms with Crippen LogP contribution in [0.2, 0.25) is 10.0 Å². The van der Waals surface area contributed by atoms with Crippen LogP contribution in [0.15, 0.2) is 12.1 Å². The van der Waals surface area contributed by atoms with Crippen molar-refractivity contribution in [1.29, 1.82) is 0 Å². The van der Waals surface area contributed by atoms with Crippen molar-refractivity contribution in [2.24, 2.45) is 0 Å². The van der Waals surface area contributed by atoms with Crippen molar-refractivity contribution < 1.29 is 9.53 Å². The zero-order valence-corrected chi connectivity index (χ0v) is 11.5. The van der Waals surface area contributed by atoms with Gasteiger partial charge < -0.3 is 15.4 Å². The van der Waals surface area contributed by atoms with Crippen molar-refractivity contribution >= 4 is 34.8 Å². The highest BCUT2D eigenvalue weighted by Gasteiger charge is 2.25. The summed E-state index contributed by atoms with van der Waals surface area (Å²) in [5, 5.41) is 0.538. The van der Waals surface area contributed by atoms with E-state index >= 15 is 0 Å². The molecule has 0 radical (unpaired) electrons. The average molecular weight is 289 g/mol. The van der Waals surface area contributed by atoms with Gasteiger partial charge in [-0.2, -0.15) is 0 Å². The molecule has 1 unspecified atom stereocenters. The summed E-state index contributed by atoms with van der Waals surface area (Å²) in [5.74, 6) is -0.163. The predicted octanol–water partition coefficient (Wildman–Crippen LogP) is 2.44. The molecule has 1 amide bonds. The van der Waals surface area contributed by atoms with Crippen molar-refractivity contribution in [3.8, 4) is 0 Å². The number of morpholine rings is 1. The number of ether oxygens (including phenoxy) is 1. The second kappa shape index (κ2) is 5.34. The molecule has 1 aromatic rings. The summed E-state index contributed by atoms with van der Waals surface area (Å²) in [6, 6.07) is 3.08. The lowest BCUT2D eigenvalue weighted by Gasteiger charge is -2.31. The van der Waals surface area contributed by atoms with Crippen LogP contribution in [-0.2, 0) is 4.74 Å². The van der Waals surface area contributed by atoms with Crippen molar-refractivity contribution in [2.45, 2.75) is 13.0 Å². The second-order valence-corrected chi connectivity index (χ2v) is 5.08. The number of anilines is 1. The van der Waals surface area contributed by atoms with Crippen LogP contribution in [0, 0.1) is 0 Å². The Morgan fingerprint density at radius 3 is 2.89 bits per heavy atom. The highest BCUT2D eigenvalue weighted by atomic mass is 35.5. The van der Waals surface area contributed by atoms with Crippen LogP contribution < -0.4 is 5.73 Å². The number of hydrogen-bond acceptors (Lipinski definition) is 3. The third-order valence-electron chi connectivity index (χ3n) is 2.81. The molecule has 1 aliphatic rings. The molecule has 98 valence electrons. The van der Waals surface area contributed by atoms with Crippen molar-refractivity contribution in [1.82, 2.24) is 4.90 Å². The van der Waals surface area contributed by atoms with Gasteiger partial charge in [-0.3, -0.25) is 4.79 Å². The van der Waals surface area contributed by atoms with Gasteiger partial charge >= 0.3 is 0 Å². The molecule has 18 heavy (non-hydrogen) atoms. The molecule has 1 fully saturated rings. The summed E-state index contributed by atoms with van der Waals surface area (Å²) in [6.45, 7) is 3.54. The van der Waals surface area contributed by atoms with Gasteiger partial charge in [0, 0.05) is 18.8 Å². The monoisotopic (exact) mass is 288 g/mol. The summed E-state index contributed by atoms with van der Waals surface area (Å²) in [6.07, 6.45) is 0.0259. The molecule has 0 aliphatic carbocycles. The normalized spacial score (nSPS) is 19.9. The highest BCUT2D eigenvalue weighted by Crippen LogP contribution is 2.29. The second-order valence-electron chi connectivity index (χ2n) is 4.30. The van der Waals surface area contributed by atoms with Gasteiger partial charge in [0.2, 0.25) is 0 Å². The Hall–Kier alpha value is -0.970. The number of nitrogens with two attached hydrogens (primary N) is 1. The van der Waals surface area contributed by atoms with Gasteiger partial charge in [-0.25, -0.2) is 0 Å². The van der Waals surface area contributed by atoms with Crippen LogP contribution in [0.5, 0.6) is 0 Å². The third-order valence-corrected chi connectivity index (χ3v) is 3.61. The van der Waals surface area contributed by atoms with E-state index in [4.69, 9.17) is 33.7 Å². The zero-order chi connectivity index (χ0) is 13.3. The minimum Gasteiger partial charge on any atom is -0.399 e. The molecule has 0 spiro atoms. The molecule has 6 heteroatoms. The van der Waals surface area contributed by atoms with Crippen molar-refractivity contribution in [2.75, 3.05) is 25.4 Å². The van der Waals surface area contributed by atoms with Crippen LogP contribution in [-0.4, -0.2) is 36.6 Å². The van der Waals surface area contributed by atoms with Crippen LogP contribution in [0.4, 0.5) is 5.69 Å². The summed E-state index contributed by atoms with van der Waals surface area (Å²) in [4.78, 5) is 14.0. The molecule has 1 aliphatic heterocycles. The van der Waals surface area contributed by atoms with Gasteiger partial charge in [0.25, 0.3) is 5.91 Å². The Bertz CT molecular complexity index is 479. The van der Waals surface area contributed by atoms with Crippen LogP contribution in [0.1, 0.15) is 17.3 Å². The summed E-state index contributed by atoms with van der Waals surface area (Å²) in [7, 11) is 0. The topological polar surface area (TPSA) is 55.6 Å². The molecule has 1 atom stereocenters. The number of carbonyl (C=O) groups excluding carboxylic acids is 1. The van der Waals surface area contributed by atoms with E-state index in [0.29, 0.717) is 36.0 Å². The van der Waals surface area contributed by atoms with Crippen LogP contribution >= 0.6 is 23.2 Å². The Kier molecular flexibility index (Phi) is 4.00. The van der Waals surface area contributed by atoms with E-state index in [-0.39, 0.29) is 17.0 Å². The molecule has 2 N–H and O–H groups in total. The lowest BCUT2D eigenvalue weighted by atomic mass is 10.1. The maximum atomic E-state index is 12.3. The van der Waals surface area contributed by atoms with Gasteiger partial charge in [-0.05, 0) is 19.1 Å². The fraction of sp³-hybridized carbons (Fsp3) is 0.417. The first-order chi connectivity index (χ1) is 8.49. The quantitative estimate of drug-likeness (QED) is 0.808. The van der Waals surface area contributed by atoms with Gasteiger partial charge in [-0.15, -0.1) is 0 Å². The average Bonchev–Trinajstić information content (AvgIpc) is 2.33. The fourth-order valence-electron chi connectivity index (χ4n) is 1.94. The smallest absolute Gasteiger partial charge is 0.255 e. The van der Waals surface area contributed by atoms with Gasteiger partial charge in [-0.1, -0.05) is 23.2 Å². The summed E-state index contributed by atoms with van der Waals surface area (Å²) >= 11 is 12.0. The molecule has 0 bridgehead atoms. The van der Waals surface area contributed by atoms with Gasteiger partial charge in [0.1, 0.15) is 0 Å². The SMILES string of the molecule is CC1CN(C(=O)c2cc(N)cc(Cl)c2Cl)CCO1. The molecular formula is C12H14Cl2N2O2. The van der Waals surface area contributed by atoms with E-state index in [1.807, 2.05) is 6.92 Å². The van der Waals surface area contributed by atoms with Crippen LogP contribution in [0.3, 0.4) is 0 Å². The molecule has 4 nitrogen and oxygen atoms in total. The molecule has 2 rings (SSSR count). The molecule has 1 aromatic carbocycles. The Balaban J connectivity index is 2.28. The van der Waals surface area contributed by atoms with Gasteiger partial charge in [0.15, 0.2) is 0 Å². The minimum atomic E-state index is -0.163. The van der Waals surface area contributed by atoms with Crippen molar-refractivity contribution in [3.63, 3.8) is 0 Å². The molecular weight excluding hydrogens is 275 g/mol. The molecule has 0 aromatic heterocycles.